The van der Waals surface area contributed by atoms with Crippen molar-refractivity contribution in [2.24, 2.45) is 0 Å². The van der Waals surface area contributed by atoms with Crippen LogP contribution in [0, 0.1) is 0 Å². The van der Waals surface area contributed by atoms with Gasteiger partial charge in [-0.2, -0.15) is 15.0 Å². The van der Waals surface area contributed by atoms with Crippen LogP contribution >= 0.6 is 0 Å². The largest absolute Gasteiger partial charge is 0.384 e. The third-order valence-corrected chi connectivity index (χ3v) is 4.37. The lowest BCUT2D eigenvalue weighted by molar-refractivity contribution is 0.199. The SMILES string of the molecule is COCCc1noc(C2CCCN(c3nc(N)nc4nc[nH]c34)C2)n1. The number of nitrogens with one attached hydrogen (secondary N) is 1. The van der Waals surface area contributed by atoms with Gasteiger partial charge in [-0.05, 0) is 12.8 Å². The highest BCUT2D eigenvalue weighted by Gasteiger charge is 2.28. The average Bonchev–Trinajstić information content (AvgIpc) is 3.28. The topological polar surface area (TPSA) is 132 Å². The molecule has 0 aliphatic carbocycles. The van der Waals surface area contributed by atoms with Crippen molar-refractivity contribution in [1.29, 1.82) is 0 Å². The molecular weight excluding hydrogens is 324 g/mol. The monoisotopic (exact) mass is 344 g/mol. The summed E-state index contributed by atoms with van der Waals surface area (Å²) >= 11 is 0. The standard InChI is InChI=1S/C15H20N8O2/c1-24-6-4-10-19-14(25-22-10)9-3-2-5-23(7-9)13-11-12(18-8-17-11)20-15(16)21-13/h8-9H,2-7H2,1H3,(H3,16,17,18,20,21). The highest BCUT2D eigenvalue weighted by atomic mass is 16.5. The van der Waals surface area contributed by atoms with Crippen LogP contribution in [-0.2, 0) is 11.2 Å². The summed E-state index contributed by atoms with van der Waals surface area (Å²) < 4.78 is 10.5. The molecule has 3 N–H and O–H groups in total. The second-order valence-corrected chi connectivity index (χ2v) is 6.08. The second kappa shape index (κ2) is 6.63. The number of hydrogen-bond acceptors (Lipinski definition) is 9. The van der Waals surface area contributed by atoms with Crippen molar-refractivity contribution in [3.05, 3.63) is 18.0 Å². The van der Waals surface area contributed by atoms with Gasteiger partial charge in [0.2, 0.25) is 11.8 Å². The minimum atomic E-state index is 0.159. The zero-order valence-corrected chi connectivity index (χ0v) is 14.0. The van der Waals surface area contributed by atoms with Crippen molar-refractivity contribution < 1.29 is 9.26 Å². The molecule has 0 amide bonds. The number of imidazole rings is 1. The van der Waals surface area contributed by atoms with E-state index in [4.69, 9.17) is 15.0 Å². The van der Waals surface area contributed by atoms with E-state index in [1.54, 1.807) is 13.4 Å². The van der Waals surface area contributed by atoms with Gasteiger partial charge in [0.05, 0.1) is 18.9 Å². The first-order valence-electron chi connectivity index (χ1n) is 8.27. The predicted molar refractivity (Wildman–Crippen MR) is 90.2 cm³/mol. The Bertz CT molecular complexity index is 860. The number of rotatable bonds is 5. The Morgan fingerprint density at radius 2 is 2.32 bits per heavy atom. The summed E-state index contributed by atoms with van der Waals surface area (Å²) in [6, 6.07) is 0. The molecule has 1 atom stereocenters. The fourth-order valence-corrected chi connectivity index (χ4v) is 3.16. The minimum Gasteiger partial charge on any atom is -0.384 e. The Kier molecular flexibility index (Phi) is 4.18. The summed E-state index contributed by atoms with van der Waals surface area (Å²) in [5, 5.41) is 4.04. The third kappa shape index (κ3) is 3.12. The molecule has 3 aromatic rings. The van der Waals surface area contributed by atoms with Gasteiger partial charge < -0.3 is 24.9 Å². The number of piperidine rings is 1. The summed E-state index contributed by atoms with van der Waals surface area (Å²) in [6.45, 7) is 2.19. The number of ether oxygens (including phenoxy) is 1. The van der Waals surface area contributed by atoms with Crippen LogP contribution in [0.1, 0.15) is 30.5 Å². The average molecular weight is 344 g/mol. The summed E-state index contributed by atoms with van der Waals surface area (Å²) in [5.41, 5.74) is 7.20. The fourth-order valence-electron chi connectivity index (χ4n) is 3.16. The third-order valence-electron chi connectivity index (χ3n) is 4.37. The van der Waals surface area contributed by atoms with E-state index in [-0.39, 0.29) is 11.9 Å². The van der Waals surface area contributed by atoms with E-state index < -0.39 is 0 Å². The van der Waals surface area contributed by atoms with Gasteiger partial charge in [0.25, 0.3) is 0 Å². The number of H-pyrrole nitrogens is 1. The highest BCUT2D eigenvalue weighted by Crippen LogP contribution is 2.31. The molecule has 10 heteroatoms. The normalized spacial score (nSPS) is 18.1. The number of fused-ring (bicyclic) bond motifs is 1. The Morgan fingerprint density at radius 1 is 1.40 bits per heavy atom. The number of anilines is 2. The van der Waals surface area contributed by atoms with E-state index in [2.05, 4.69) is 35.0 Å². The lowest BCUT2D eigenvalue weighted by Gasteiger charge is -2.32. The van der Waals surface area contributed by atoms with Gasteiger partial charge in [-0.25, -0.2) is 4.98 Å². The molecule has 25 heavy (non-hydrogen) atoms. The molecular formula is C15H20N8O2. The molecule has 1 unspecified atom stereocenters. The van der Waals surface area contributed by atoms with Gasteiger partial charge in [0.15, 0.2) is 17.3 Å². The molecule has 1 aliphatic heterocycles. The zero-order chi connectivity index (χ0) is 17.2. The summed E-state index contributed by atoms with van der Waals surface area (Å²) in [4.78, 5) is 22.5. The number of nitrogen functional groups attached to an aromatic ring is 1. The first-order chi connectivity index (χ1) is 12.2. The molecule has 0 bridgehead atoms. The van der Waals surface area contributed by atoms with Crippen LogP contribution < -0.4 is 10.6 Å². The number of aromatic nitrogens is 6. The number of aromatic amines is 1. The molecule has 1 fully saturated rings. The lowest BCUT2D eigenvalue weighted by atomic mass is 9.98. The van der Waals surface area contributed by atoms with E-state index in [1.807, 2.05) is 0 Å². The zero-order valence-electron chi connectivity index (χ0n) is 14.0. The van der Waals surface area contributed by atoms with Crippen LogP contribution in [0.3, 0.4) is 0 Å². The molecule has 0 spiro atoms. The van der Waals surface area contributed by atoms with Crippen LogP contribution in [0.15, 0.2) is 10.9 Å². The van der Waals surface area contributed by atoms with E-state index in [0.717, 1.165) is 37.3 Å². The molecule has 0 aromatic carbocycles. The molecule has 4 rings (SSSR count). The molecule has 0 saturated carbocycles. The van der Waals surface area contributed by atoms with Crippen LogP contribution in [0.25, 0.3) is 11.2 Å². The smallest absolute Gasteiger partial charge is 0.231 e. The fraction of sp³-hybridized carbons (Fsp3) is 0.533. The first kappa shape index (κ1) is 15.8. The van der Waals surface area contributed by atoms with Crippen LogP contribution in [0.4, 0.5) is 11.8 Å². The number of methoxy groups -OCH3 is 1. The molecule has 0 radical (unpaired) electrons. The van der Waals surface area contributed by atoms with Crippen molar-refractivity contribution in [1.82, 2.24) is 30.1 Å². The predicted octanol–water partition coefficient (Wildman–Crippen LogP) is 0.891. The Morgan fingerprint density at radius 3 is 3.20 bits per heavy atom. The molecule has 132 valence electrons. The second-order valence-electron chi connectivity index (χ2n) is 6.08. The first-order valence-corrected chi connectivity index (χ1v) is 8.27. The van der Waals surface area contributed by atoms with Crippen molar-refractivity contribution >= 4 is 22.9 Å². The quantitative estimate of drug-likeness (QED) is 0.692. The van der Waals surface area contributed by atoms with E-state index in [9.17, 15) is 0 Å². The maximum atomic E-state index is 5.83. The summed E-state index contributed by atoms with van der Waals surface area (Å²) in [5.74, 6) is 2.49. The van der Waals surface area contributed by atoms with Gasteiger partial charge in [0, 0.05) is 26.6 Å². The molecule has 4 heterocycles. The Labute approximate surface area is 143 Å². The van der Waals surface area contributed by atoms with Crippen molar-refractivity contribution in [2.45, 2.75) is 25.2 Å². The van der Waals surface area contributed by atoms with Crippen molar-refractivity contribution in [3.63, 3.8) is 0 Å². The lowest BCUT2D eigenvalue weighted by Crippen LogP contribution is -2.35. The summed E-state index contributed by atoms with van der Waals surface area (Å²) in [6.07, 6.45) is 4.24. The van der Waals surface area contributed by atoms with Gasteiger partial charge in [-0.15, -0.1) is 0 Å². The van der Waals surface area contributed by atoms with Gasteiger partial charge in [0.1, 0.15) is 5.52 Å². The van der Waals surface area contributed by atoms with E-state index in [0.29, 0.717) is 30.4 Å². The molecule has 1 saturated heterocycles. The Hall–Kier alpha value is -2.75. The van der Waals surface area contributed by atoms with Crippen molar-refractivity contribution in [2.75, 3.05) is 37.4 Å². The van der Waals surface area contributed by atoms with Gasteiger partial charge in [-0.1, -0.05) is 5.16 Å². The van der Waals surface area contributed by atoms with Crippen molar-refractivity contribution in [3.8, 4) is 0 Å². The maximum absolute atomic E-state index is 5.83. The Balaban J connectivity index is 1.56. The molecule has 1 aliphatic rings. The van der Waals surface area contributed by atoms with Gasteiger partial charge >= 0.3 is 0 Å². The number of nitrogens with two attached hydrogens (primary N) is 1. The molecule has 10 nitrogen and oxygen atoms in total. The number of nitrogens with zero attached hydrogens (tertiary/aromatic N) is 6. The minimum absolute atomic E-state index is 0.159. The summed E-state index contributed by atoms with van der Waals surface area (Å²) in [7, 11) is 1.66. The maximum Gasteiger partial charge on any atom is 0.231 e. The highest BCUT2D eigenvalue weighted by molar-refractivity contribution is 5.84. The van der Waals surface area contributed by atoms with Crippen LogP contribution in [0.5, 0.6) is 0 Å². The molecule has 3 aromatic heterocycles. The van der Waals surface area contributed by atoms with Gasteiger partial charge in [-0.3, -0.25) is 0 Å². The van der Waals surface area contributed by atoms with Crippen LogP contribution in [0.2, 0.25) is 0 Å². The van der Waals surface area contributed by atoms with Crippen LogP contribution in [-0.4, -0.2) is 56.9 Å². The number of hydrogen-bond donors (Lipinski definition) is 2. The van der Waals surface area contributed by atoms with E-state index >= 15 is 0 Å². The van der Waals surface area contributed by atoms with E-state index in [1.165, 1.54) is 0 Å².